The summed E-state index contributed by atoms with van der Waals surface area (Å²) >= 11 is 5.61. The molecule has 2 aromatic carbocycles. The molecule has 2 heterocycles. The Balaban J connectivity index is 1.77. The number of anilines is 2. The Bertz CT molecular complexity index is 1060. The van der Waals surface area contributed by atoms with E-state index in [0.717, 1.165) is 33.1 Å². The van der Waals surface area contributed by atoms with Crippen LogP contribution in [0.1, 0.15) is 0 Å². The van der Waals surface area contributed by atoms with Crippen molar-refractivity contribution in [3.63, 3.8) is 0 Å². The summed E-state index contributed by atoms with van der Waals surface area (Å²) in [5.74, 6) is 0. The van der Waals surface area contributed by atoms with Crippen LogP contribution in [0.4, 0.5) is 11.4 Å². The summed E-state index contributed by atoms with van der Waals surface area (Å²) in [6.07, 6.45) is 5.44. The molecule has 1 N–H and O–H groups in total. The number of fused-ring (bicyclic) bond motifs is 3. The van der Waals surface area contributed by atoms with Gasteiger partial charge in [0.1, 0.15) is 0 Å². The largest absolute Gasteiger partial charge is 0.332 e. The highest BCUT2D eigenvalue weighted by atomic mass is 32.1. The molecule has 0 amide bonds. The fraction of sp³-hybridized carbons (Fsp3) is 0.0500. The van der Waals surface area contributed by atoms with Crippen LogP contribution in [0.15, 0.2) is 73.2 Å². The summed E-state index contributed by atoms with van der Waals surface area (Å²) in [7, 11) is 1.95. The molecule has 0 radical (unpaired) electrons. The molecule has 0 unspecified atom stereocenters. The third-order valence-electron chi connectivity index (χ3n) is 4.20. The van der Waals surface area contributed by atoms with Crippen molar-refractivity contribution in [2.24, 2.45) is 0 Å². The number of nitrogens with zero attached hydrogens (tertiary/aromatic N) is 3. The number of pyridine rings is 2. The molecule has 0 atom stereocenters. The number of para-hydroxylation sites is 1. The van der Waals surface area contributed by atoms with E-state index in [0.29, 0.717) is 5.11 Å². The van der Waals surface area contributed by atoms with Gasteiger partial charge in [-0.2, -0.15) is 0 Å². The number of hydrogen-bond acceptors (Lipinski definition) is 3. The zero-order valence-corrected chi connectivity index (χ0v) is 14.5. The van der Waals surface area contributed by atoms with Crippen LogP contribution in [0.5, 0.6) is 0 Å². The molecule has 0 aliphatic carbocycles. The van der Waals surface area contributed by atoms with Crippen LogP contribution in [0.3, 0.4) is 0 Å². The lowest BCUT2D eigenvalue weighted by molar-refractivity contribution is 1.28. The number of benzene rings is 2. The van der Waals surface area contributed by atoms with Gasteiger partial charge in [0.15, 0.2) is 5.11 Å². The van der Waals surface area contributed by atoms with Crippen LogP contribution in [0, 0.1) is 0 Å². The topological polar surface area (TPSA) is 41.0 Å². The first-order valence-electron chi connectivity index (χ1n) is 7.95. The van der Waals surface area contributed by atoms with Gasteiger partial charge in [0.2, 0.25) is 0 Å². The van der Waals surface area contributed by atoms with E-state index in [4.69, 9.17) is 12.2 Å². The maximum atomic E-state index is 5.61. The molecule has 0 spiro atoms. The molecule has 0 fully saturated rings. The molecule has 0 aliphatic heterocycles. The lowest BCUT2D eigenvalue weighted by atomic mass is 10.1. The summed E-state index contributed by atoms with van der Waals surface area (Å²) in [5.41, 5.74) is 2.89. The Labute approximate surface area is 151 Å². The molecule has 25 heavy (non-hydrogen) atoms. The van der Waals surface area contributed by atoms with Gasteiger partial charge in [-0.15, -0.1) is 0 Å². The minimum atomic E-state index is 0.629. The normalized spacial score (nSPS) is 10.8. The second-order valence-corrected chi connectivity index (χ2v) is 6.13. The number of thiocarbonyl (C=S) groups is 1. The summed E-state index contributed by atoms with van der Waals surface area (Å²) in [6, 6.07) is 18.1. The third-order valence-corrected chi connectivity index (χ3v) is 4.57. The van der Waals surface area contributed by atoms with E-state index in [1.807, 2.05) is 66.7 Å². The molecule has 0 saturated carbocycles. The first-order valence-corrected chi connectivity index (χ1v) is 8.36. The SMILES string of the molecule is CN(C(=S)Nc1cc2ccncc2c2ncccc12)c1ccccc1. The van der Waals surface area contributed by atoms with Gasteiger partial charge >= 0.3 is 0 Å². The van der Waals surface area contributed by atoms with Crippen LogP contribution in [-0.2, 0) is 0 Å². The van der Waals surface area contributed by atoms with Crippen molar-refractivity contribution in [3.05, 3.63) is 73.2 Å². The molecule has 4 nitrogen and oxygen atoms in total. The van der Waals surface area contributed by atoms with Gasteiger partial charge in [-0.05, 0) is 54.0 Å². The highest BCUT2D eigenvalue weighted by Crippen LogP contribution is 2.30. The predicted molar refractivity (Wildman–Crippen MR) is 108 cm³/mol. The Morgan fingerprint density at radius 3 is 2.68 bits per heavy atom. The van der Waals surface area contributed by atoms with Crippen LogP contribution in [0.2, 0.25) is 0 Å². The molecule has 5 heteroatoms. The smallest absolute Gasteiger partial charge is 0.177 e. The molecule has 2 aromatic heterocycles. The van der Waals surface area contributed by atoms with Gasteiger partial charge in [0.05, 0.1) is 11.2 Å². The highest BCUT2D eigenvalue weighted by Gasteiger charge is 2.11. The summed E-state index contributed by atoms with van der Waals surface area (Å²) < 4.78 is 0. The van der Waals surface area contributed by atoms with Gasteiger partial charge in [0, 0.05) is 42.1 Å². The Kier molecular flexibility index (Phi) is 3.99. The Morgan fingerprint density at radius 2 is 1.84 bits per heavy atom. The van der Waals surface area contributed by atoms with Crippen molar-refractivity contribution in [2.45, 2.75) is 0 Å². The first kappa shape index (κ1) is 15.5. The lowest BCUT2D eigenvalue weighted by Crippen LogP contribution is -2.30. The summed E-state index contributed by atoms with van der Waals surface area (Å²) in [4.78, 5) is 10.7. The first-order chi connectivity index (χ1) is 12.2. The van der Waals surface area contributed by atoms with Crippen molar-refractivity contribution < 1.29 is 0 Å². The minimum absolute atomic E-state index is 0.629. The average molecular weight is 344 g/mol. The zero-order chi connectivity index (χ0) is 17.2. The van der Waals surface area contributed by atoms with E-state index in [9.17, 15) is 0 Å². The number of aromatic nitrogens is 2. The quantitative estimate of drug-likeness (QED) is 0.425. The molecule has 0 bridgehead atoms. The van der Waals surface area contributed by atoms with E-state index >= 15 is 0 Å². The molecule has 122 valence electrons. The number of rotatable bonds is 2. The van der Waals surface area contributed by atoms with Gasteiger partial charge in [0.25, 0.3) is 0 Å². The van der Waals surface area contributed by atoms with Gasteiger partial charge in [-0.3, -0.25) is 9.97 Å². The highest BCUT2D eigenvalue weighted by molar-refractivity contribution is 7.80. The van der Waals surface area contributed by atoms with E-state index in [1.165, 1.54) is 0 Å². The maximum Gasteiger partial charge on any atom is 0.177 e. The second kappa shape index (κ2) is 6.45. The summed E-state index contributed by atoms with van der Waals surface area (Å²) in [5, 5.41) is 7.13. The minimum Gasteiger partial charge on any atom is -0.332 e. The van der Waals surface area contributed by atoms with Crippen LogP contribution < -0.4 is 10.2 Å². The Hall–Kier alpha value is -3.05. The summed E-state index contributed by atoms with van der Waals surface area (Å²) in [6.45, 7) is 0. The standard InChI is InChI=1S/C20H16N4S/c1-24(15-6-3-2-4-7-15)20(25)23-18-12-14-9-11-21-13-17(14)19-16(18)8-5-10-22-19/h2-13H,1H3,(H,23,25). The molecular weight excluding hydrogens is 328 g/mol. The monoisotopic (exact) mass is 344 g/mol. The van der Waals surface area contributed by atoms with Crippen molar-refractivity contribution in [3.8, 4) is 0 Å². The maximum absolute atomic E-state index is 5.61. The van der Waals surface area contributed by atoms with E-state index < -0.39 is 0 Å². The Morgan fingerprint density at radius 1 is 1.00 bits per heavy atom. The second-order valence-electron chi connectivity index (χ2n) is 5.75. The molecule has 0 aliphatic rings. The van der Waals surface area contributed by atoms with E-state index in [-0.39, 0.29) is 0 Å². The van der Waals surface area contributed by atoms with E-state index in [2.05, 4.69) is 21.4 Å². The fourth-order valence-electron chi connectivity index (χ4n) is 2.87. The van der Waals surface area contributed by atoms with Gasteiger partial charge in [-0.1, -0.05) is 18.2 Å². The molecule has 4 rings (SSSR count). The zero-order valence-electron chi connectivity index (χ0n) is 13.7. The fourth-order valence-corrected chi connectivity index (χ4v) is 3.09. The average Bonchev–Trinajstić information content (AvgIpc) is 2.68. The van der Waals surface area contributed by atoms with Crippen molar-refractivity contribution in [2.75, 3.05) is 17.3 Å². The van der Waals surface area contributed by atoms with Gasteiger partial charge in [-0.25, -0.2) is 0 Å². The van der Waals surface area contributed by atoms with Crippen molar-refractivity contribution in [1.29, 1.82) is 0 Å². The van der Waals surface area contributed by atoms with Crippen molar-refractivity contribution >= 4 is 50.4 Å². The number of hydrogen-bond donors (Lipinski definition) is 1. The van der Waals surface area contributed by atoms with Crippen molar-refractivity contribution in [1.82, 2.24) is 9.97 Å². The molecule has 4 aromatic rings. The number of nitrogens with one attached hydrogen (secondary N) is 1. The lowest BCUT2D eigenvalue weighted by Gasteiger charge is -2.22. The van der Waals surface area contributed by atoms with E-state index in [1.54, 1.807) is 12.4 Å². The molecular formula is C20H16N4S. The van der Waals surface area contributed by atoms with Crippen LogP contribution in [-0.4, -0.2) is 22.1 Å². The third kappa shape index (κ3) is 2.90. The van der Waals surface area contributed by atoms with Crippen LogP contribution in [0.25, 0.3) is 21.7 Å². The van der Waals surface area contributed by atoms with Gasteiger partial charge < -0.3 is 10.2 Å². The predicted octanol–water partition coefficient (Wildman–Crippen LogP) is 4.62. The van der Waals surface area contributed by atoms with Crippen LogP contribution >= 0.6 is 12.2 Å². The molecule has 0 saturated heterocycles.